The van der Waals surface area contributed by atoms with E-state index < -0.39 is 10.0 Å². The molecule has 4 N–H and O–H groups in total. The predicted molar refractivity (Wildman–Crippen MR) is 87.1 cm³/mol. The predicted octanol–water partition coefficient (Wildman–Crippen LogP) is 1.94. The van der Waals surface area contributed by atoms with Gasteiger partial charge < -0.3 is 5.43 Å². The lowest BCUT2D eigenvalue weighted by atomic mass is 10.3. The monoisotopic (exact) mass is 382 g/mol. The molecule has 0 spiro atoms. The van der Waals surface area contributed by atoms with Gasteiger partial charge in [0.1, 0.15) is 4.90 Å². The summed E-state index contributed by atoms with van der Waals surface area (Å²) in [5, 5.41) is 0. The molecule has 0 aliphatic carbocycles. The summed E-state index contributed by atoms with van der Waals surface area (Å²) in [4.78, 5) is 3.97. The van der Waals surface area contributed by atoms with E-state index in [9.17, 15) is 8.42 Å². The van der Waals surface area contributed by atoms with Crippen molar-refractivity contribution in [3.63, 3.8) is 0 Å². The summed E-state index contributed by atoms with van der Waals surface area (Å²) in [5.41, 5.74) is 2.30. The highest BCUT2D eigenvalue weighted by Crippen LogP contribution is 2.22. The first-order valence-corrected chi connectivity index (χ1v) is 9.56. The van der Waals surface area contributed by atoms with E-state index in [0.717, 1.165) is 17.9 Å². The second kappa shape index (κ2) is 8.18. The van der Waals surface area contributed by atoms with Crippen LogP contribution in [0.25, 0.3) is 0 Å². The number of nitrogen functional groups attached to an aromatic ring is 1. The first kappa shape index (κ1) is 17.7. The van der Waals surface area contributed by atoms with Gasteiger partial charge in [0.2, 0.25) is 10.0 Å². The van der Waals surface area contributed by atoms with Crippen molar-refractivity contribution in [2.45, 2.75) is 31.2 Å². The molecule has 1 rings (SSSR count). The maximum absolute atomic E-state index is 12.3. The number of anilines is 1. The molecule has 1 unspecified atom stereocenters. The van der Waals surface area contributed by atoms with Crippen LogP contribution in [-0.2, 0) is 10.0 Å². The standard InChI is InChI=1S/C11H19BrN4O2S2/c1-3-19-5-4-8(2)16-20(17,18)10-6-9(12)7-14-11(10)15-13/h6-8,16H,3-5,13H2,1-2H3,(H,14,15). The van der Waals surface area contributed by atoms with Crippen LogP contribution < -0.4 is 16.0 Å². The molecule has 0 aliphatic rings. The van der Waals surface area contributed by atoms with Gasteiger partial charge in [0.05, 0.1) is 0 Å². The quantitative estimate of drug-likeness (QED) is 0.361. The zero-order valence-electron chi connectivity index (χ0n) is 11.4. The molecule has 114 valence electrons. The zero-order chi connectivity index (χ0) is 15.2. The van der Waals surface area contributed by atoms with Gasteiger partial charge in [-0.1, -0.05) is 6.92 Å². The Labute approximate surface area is 132 Å². The van der Waals surface area contributed by atoms with Crippen LogP contribution in [0.5, 0.6) is 0 Å². The van der Waals surface area contributed by atoms with Crippen LogP contribution >= 0.6 is 27.7 Å². The van der Waals surface area contributed by atoms with E-state index in [1.54, 1.807) is 11.8 Å². The number of hydrogen-bond donors (Lipinski definition) is 3. The number of rotatable bonds is 8. The minimum absolute atomic E-state index is 0.0318. The van der Waals surface area contributed by atoms with Gasteiger partial charge in [-0.15, -0.1) is 0 Å². The lowest BCUT2D eigenvalue weighted by molar-refractivity contribution is 0.557. The molecule has 0 amide bonds. The Hall–Kier alpha value is -0.350. The maximum Gasteiger partial charge on any atom is 0.244 e. The average Bonchev–Trinajstić information content (AvgIpc) is 2.38. The van der Waals surface area contributed by atoms with Crippen LogP contribution in [0.3, 0.4) is 0 Å². The van der Waals surface area contributed by atoms with Crippen LogP contribution in [0.2, 0.25) is 0 Å². The molecule has 0 aromatic carbocycles. The summed E-state index contributed by atoms with van der Waals surface area (Å²) < 4.78 is 27.9. The fraction of sp³-hybridized carbons (Fsp3) is 0.545. The first-order chi connectivity index (χ1) is 9.40. The van der Waals surface area contributed by atoms with Crippen LogP contribution in [0.1, 0.15) is 20.3 Å². The van der Waals surface area contributed by atoms with Crippen molar-refractivity contribution < 1.29 is 8.42 Å². The smallest absolute Gasteiger partial charge is 0.244 e. The van der Waals surface area contributed by atoms with Gasteiger partial charge in [0.25, 0.3) is 0 Å². The molecular formula is C11H19BrN4O2S2. The normalized spacial score (nSPS) is 13.2. The fourth-order valence-electron chi connectivity index (χ4n) is 1.53. The third kappa shape index (κ3) is 5.21. The molecule has 20 heavy (non-hydrogen) atoms. The number of halogens is 1. The molecule has 6 nitrogen and oxygen atoms in total. The molecule has 0 bridgehead atoms. The Balaban J connectivity index is 2.85. The van der Waals surface area contributed by atoms with E-state index in [-0.39, 0.29) is 16.8 Å². The second-order valence-corrected chi connectivity index (χ2v) is 8.14. The molecule has 0 saturated heterocycles. The van der Waals surface area contributed by atoms with Crippen molar-refractivity contribution in [2.24, 2.45) is 5.84 Å². The molecule has 1 aromatic rings. The molecule has 0 saturated carbocycles. The van der Waals surface area contributed by atoms with Gasteiger partial charge >= 0.3 is 0 Å². The molecule has 9 heteroatoms. The number of hydrazine groups is 1. The molecule has 0 aliphatic heterocycles. The Morgan fingerprint density at radius 1 is 1.55 bits per heavy atom. The van der Waals surface area contributed by atoms with Crippen molar-refractivity contribution in [3.8, 4) is 0 Å². The number of thioether (sulfide) groups is 1. The van der Waals surface area contributed by atoms with Crippen LogP contribution in [-0.4, -0.2) is 30.9 Å². The summed E-state index contributed by atoms with van der Waals surface area (Å²) in [7, 11) is -3.66. The van der Waals surface area contributed by atoms with Gasteiger partial charge in [-0.05, 0) is 46.8 Å². The van der Waals surface area contributed by atoms with Crippen molar-refractivity contribution >= 4 is 43.5 Å². The number of nitrogens with two attached hydrogens (primary N) is 1. The van der Waals surface area contributed by atoms with Gasteiger partial charge in [-0.25, -0.2) is 24.0 Å². The minimum atomic E-state index is -3.66. The number of aromatic nitrogens is 1. The lowest BCUT2D eigenvalue weighted by Crippen LogP contribution is -2.34. The maximum atomic E-state index is 12.3. The van der Waals surface area contributed by atoms with Crippen LogP contribution in [0.15, 0.2) is 21.6 Å². The highest BCUT2D eigenvalue weighted by molar-refractivity contribution is 9.10. The third-order valence-corrected chi connectivity index (χ3v) is 5.47. The summed E-state index contributed by atoms with van der Waals surface area (Å²) >= 11 is 4.99. The zero-order valence-corrected chi connectivity index (χ0v) is 14.6. The van der Waals surface area contributed by atoms with E-state index in [4.69, 9.17) is 5.84 Å². The number of sulfonamides is 1. The third-order valence-electron chi connectivity index (χ3n) is 2.50. The Morgan fingerprint density at radius 3 is 2.85 bits per heavy atom. The highest BCUT2D eigenvalue weighted by Gasteiger charge is 2.22. The molecule has 0 radical (unpaired) electrons. The largest absolute Gasteiger partial charge is 0.307 e. The van der Waals surface area contributed by atoms with Crippen molar-refractivity contribution in [3.05, 3.63) is 16.7 Å². The number of pyridine rings is 1. The molecule has 1 atom stereocenters. The van der Waals surface area contributed by atoms with Gasteiger partial charge in [-0.2, -0.15) is 11.8 Å². The summed E-state index contributed by atoms with van der Waals surface area (Å²) in [5.74, 6) is 7.36. The number of nitrogens with zero attached hydrogens (tertiary/aromatic N) is 1. The number of nitrogens with one attached hydrogen (secondary N) is 2. The van der Waals surface area contributed by atoms with E-state index in [1.165, 1.54) is 12.3 Å². The fourth-order valence-corrected chi connectivity index (χ4v) is 4.24. The Kier molecular flexibility index (Phi) is 7.24. The number of hydrogen-bond acceptors (Lipinski definition) is 6. The minimum Gasteiger partial charge on any atom is -0.307 e. The second-order valence-electron chi connectivity index (χ2n) is 4.15. The topological polar surface area (TPSA) is 97.1 Å². The van der Waals surface area contributed by atoms with E-state index >= 15 is 0 Å². The van der Waals surface area contributed by atoms with E-state index in [0.29, 0.717) is 4.47 Å². The summed E-state index contributed by atoms with van der Waals surface area (Å²) in [6.45, 7) is 3.92. The van der Waals surface area contributed by atoms with Crippen LogP contribution in [0.4, 0.5) is 5.82 Å². The Morgan fingerprint density at radius 2 is 2.25 bits per heavy atom. The van der Waals surface area contributed by atoms with Gasteiger partial charge in [-0.3, -0.25) is 0 Å². The van der Waals surface area contributed by atoms with Gasteiger partial charge in [0, 0.05) is 16.7 Å². The SMILES string of the molecule is CCSCCC(C)NS(=O)(=O)c1cc(Br)cnc1NN. The highest BCUT2D eigenvalue weighted by atomic mass is 79.9. The van der Waals surface area contributed by atoms with Crippen molar-refractivity contribution in [2.75, 3.05) is 16.9 Å². The lowest BCUT2D eigenvalue weighted by Gasteiger charge is -2.15. The van der Waals surface area contributed by atoms with Crippen LogP contribution in [0, 0.1) is 0 Å². The van der Waals surface area contributed by atoms with Crippen molar-refractivity contribution in [1.82, 2.24) is 9.71 Å². The summed E-state index contributed by atoms with van der Waals surface area (Å²) in [6, 6.07) is 1.32. The Bertz CT molecular complexity index is 539. The molecule has 1 aromatic heterocycles. The van der Waals surface area contributed by atoms with E-state index in [2.05, 4.69) is 38.0 Å². The van der Waals surface area contributed by atoms with Gasteiger partial charge in [0.15, 0.2) is 5.82 Å². The summed E-state index contributed by atoms with van der Waals surface area (Å²) in [6.07, 6.45) is 2.25. The average molecular weight is 383 g/mol. The molecule has 1 heterocycles. The van der Waals surface area contributed by atoms with Crippen molar-refractivity contribution in [1.29, 1.82) is 0 Å². The first-order valence-electron chi connectivity index (χ1n) is 6.13. The van der Waals surface area contributed by atoms with E-state index in [1.807, 2.05) is 6.92 Å². The molecule has 0 fully saturated rings. The molecular weight excluding hydrogens is 364 g/mol.